The van der Waals surface area contributed by atoms with E-state index in [2.05, 4.69) is 39.7 Å². The van der Waals surface area contributed by atoms with Gasteiger partial charge in [0.05, 0.1) is 0 Å². The molecule has 3 fully saturated rings. The lowest BCUT2D eigenvalue weighted by Crippen LogP contribution is -2.52. The van der Waals surface area contributed by atoms with Gasteiger partial charge in [0, 0.05) is 43.6 Å². The molecule has 2 aliphatic carbocycles. The highest BCUT2D eigenvalue weighted by atomic mass is 15.3. The molecule has 0 radical (unpaired) electrons. The highest BCUT2D eigenvalue weighted by Crippen LogP contribution is 2.46. The van der Waals surface area contributed by atoms with Crippen LogP contribution in [0.4, 0.5) is 5.95 Å². The topological polar surface area (TPSA) is 32.3 Å². The Labute approximate surface area is 127 Å². The second-order valence-electron chi connectivity index (χ2n) is 7.22. The lowest BCUT2D eigenvalue weighted by atomic mass is 9.93. The molecule has 1 aromatic rings. The van der Waals surface area contributed by atoms with Crippen LogP contribution in [0.15, 0.2) is 6.07 Å². The quantitative estimate of drug-likeness (QED) is 0.836. The van der Waals surface area contributed by atoms with E-state index in [0.717, 1.165) is 48.3 Å². The van der Waals surface area contributed by atoms with Crippen LogP contribution in [0.1, 0.15) is 37.1 Å². The van der Waals surface area contributed by atoms with Gasteiger partial charge < -0.3 is 4.90 Å². The van der Waals surface area contributed by atoms with Gasteiger partial charge in [-0.15, -0.1) is 0 Å². The maximum atomic E-state index is 4.61. The molecule has 2 bridgehead atoms. The third-order valence-corrected chi connectivity index (χ3v) is 5.74. The lowest BCUT2D eigenvalue weighted by Gasteiger charge is -2.41. The van der Waals surface area contributed by atoms with Gasteiger partial charge in [-0.25, -0.2) is 9.97 Å². The van der Waals surface area contributed by atoms with E-state index >= 15 is 0 Å². The molecule has 1 aromatic heterocycles. The van der Waals surface area contributed by atoms with Crippen molar-refractivity contribution in [2.45, 2.75) is 45.6 Å². The number of aromatic nitrogens is 2. The Morgan fingerprint density at radius 1 is 0.952 bits per heavy atom. The number of fused-ring (bicyclic) bond motifs is 2. The zero-order chi connectivity index (χ0) is 14.4. The van der Waals surface area contributed by atoms with E-state index in [9.17, 15) is 0 Å². The van der Waals surface area contributed by atoms with Crippen molar-refractivity contribution in [3.63, 3.8) is 0 Å². The maximum absolute atomic E-state index is 4.61. The van der Waals surface area contributed by atoms with Gasteiger partial charge in [0.25, 0.3) is 0 Å². The smallest absolute Gasteiger partial charge is 0.225 e. The van der Waals surface area contributed by atoms with E-state index in [1.165, 1.54) is 38.8 Å². The predicted molar refractivity (Wildman–Crippen MR) is 84.5 cm³/mol. The van der Waals surface area contributed by atoms with Crippen molar-refractivity contribution in [1.29, 1.82) is 0 Å². The van der Waals surface area contributed by atoms with Gasteiger partial charge in [-0.3, -0.25) is 4.90 Å². The Morgan fingerprint density at radius 2 is 1.67 bits per heavy atom. The zero-order valence-electron chi connectivity index (χ0n) is 13.3. The molecule has 0 unspecified atom stereocenters. The van der Waals surface area contributed by atoms with E-state index in [1.807, 2.05) is 0 Å². The molecule has 3 atom stereocenters. The van der Waals surface area contributed by atoms with Crippen LogP contribution in [0.3, 0.4) is 0 Å². The first kappa shape index (κ1) is 13.5. The minimum atomic E-state index is 0.881. The molecule has 1 aliphatic heterocycles. The predicted octanol–water partition coefficient (Wildman–Crippen LogP) is 2.40. The second kappa shape index (κ2) is 5.24. The monoisotopic (exact) mass is 286 g/mol. The van der Waals surface area contributed by atoms with Crippen molar-refractivity contribution in [2.24, 2.45) is 11.8 Å². The minimum absolute atomic E-state index is 0.881. The summed E-state index contributed by atoms with van der Waals surface area (Å²) in [5, 5.41) is 0. The standard InChI is InChI=1S/C17H26N4/c1-12-9-13(2)19-17(18-12)21-7-5-20(6-8-21)16-11-14-3-4-15(16)10-14/h9,14-16H,3-8,10-11H2,1-2H3/t14-,15-,16+/m0/s1. The molecule has 4 heteroatoms. The molecular weight excluding hydrogens is 260 g/mol. The van der Waals surface area contributed by atoms with Gasteiger partial charge in [-0.05, 0) is 51.0 Å². The lowest BCUT2D eigenvalue weighted by molar-refractivity contribution is 0.134. The van der Waals surface area contributed by atoms with Crippen LogP contribution in [0.2, 0.25) is 0 Å². The molecule has 0 amide bonds. The maximum Gasteiger partial charge on any atom is 0.225 e. The first-order valence-corrected chi connectivity index (χ1v) is 8.50. The molecule has 0 aromatic carbocycles. The van der Waals surface area contributed by atoms with Gasteiger partial charge in [-0.1, -0.05) is 6.42 Å². The average molecular weight is 286 g/mol. The summed E-state index contributed by atoms with van der Waals surface area (Å²) in [5.41, 5.74) is 2.15. The summed E-state index contributed by atoms with van der Waals surface area (Å²) >= 11 is 0. The van der Waals surface area contributed by atoms with Gasteiger partial charge in [0.1, 0.15) is 0 Å². The Hall–Kier alpha value is -1.16. The van der Waals surface area contributed by atoms with Crippen LogP contribution in [-0.2, 0) is 0 Å². The normalized spacial score (nSPS) is 32.9. The summed E-state index contributed by atoms with van der Waals surface area (Å²) in [4.78, 5) is 14.3. The molecule has 2 saturated carbocycles. The largest absolute Gasteiger partial charge is 0.338 e. The number of aryl methyl sites for hydroxylation is 2. The zero-order valence-corrected chi connectivity index (χ0v) is 13.3. The third-order valence-electron chi connectivity index (χ3n) is 5.74. The van der Waals surface area contributed by atoms with E-state index in [-0.39, 0.29) is 0 Å². The summed E-state index contributed by atoms with van der Waals surface area (Å²) in [6, 6.07) is 2.93. The van der Waals surface area contributed by atoms with E-state index < -0.39 is 0 Å². The Bertz CT molecular complexity index is 501. The van der Waals surface area contributed by atoms with Crippen molar-refractivity contribution < 1.29 is 0 Å². The van der Waals surface area contributed by atoms with Crippen LogP contribution in [0.25, 0.3) is 0 Å². The molecule has 4 rings (SSSR count). The molecular formula is C17H26N4. The molecule has 0 spiro atoms. The second-order valence-corrected chi connectivity index (χ2v) is 7.22. The first-order chi connectivity index (χ1) is 10.2. The van der Waals surface area contributed by atoms with Gasteiger partial charge in [-0.2, -0.15) is 0 Å². The van der Waals surface area contributed by atoms with Crippen molar-refractivity contribution in [3.8, 4) is 0 Å². The highest BCUT2D eigenvalue weighted by Gasteiger charge is 2.42. The van der Waals surface area contributed by atoms with Crippen molar-refractivity contribution in [2.75, 3.05) is 31.1 Å². The summed E-state index contributed by atoms with van der Waals surface area (Å²) in [6.07, 6.45) is 5.95. The first-order valence-electron chi connectivity index (χ1n) is 8.50. The molecule has 1 saturated heterocycles. The van der Waals surface area contributed by atoms with Gasteiger partial charge in [0.15, 0.2) is 0 Å². The number of anilines is 1. The van der Waals surface area contributed by atoms with E-state index in [4.69, 9.17) is 0 Å². The number of rotatable bonds is 2. The van der Waals surface area contributed by atoms with Crippen LogP contribution in [0.5, 0.6) is 0 Å². The molecule has 114 valence electrons. The fraction of sp³-hybridized carbons (Fsp3) is 0.765. The number of nitrogens with zero attached hydrogens (tertiary/aromatic N) is 4. The van der Waals surface area contributed by atoms with Crippen molar-refractivity contribution in [3.05, 3.63) is 17.5 Å². The van der Waals surface area contributed by atoms with Crippen LogP contribution in [-0.4, -0.2) is 47.1 Å². The van der Waals surface area contributed by atoms with Crippen molar-refractivity contribution >= 4 is 5.95 Å². The summed E-state index contributed by atoms with van der Waals surface area (Å²) in [7, 11) is 0. The number of hydrogen-bond donors (Lipinski definition) is 0. The van der Waals surface area contributed by atoms with Gasteiger partial charge >= 0.3 is 0 Å². The van der Waals surface area contributed by atoms with Gasteiger partial charge in [0.2, 0.25) is 5.95 Å². The molecule has 0 N–H and O–H groups in total. The summed E-state index contributed by atoms with van der Waals surface area (Å²) < 4.78 is 0. The highest BCUT2D eigenvalue weighted by molar-refractivity contribution is 5.33. The number of hydrogen-bond acceptors (Lipinski definition) is 4. The summed E-state index contributed by atoms with van der Waals surface area (Å²) in [5.74, 6) is 2.97. The SMILES string of the molecule is Cc1cc(C)nc(N2CCN([C@@H]3C[C@H]4CC[C@H]3C4)CC2)n1. The molecule has 2 heterocycles. The van der Waals surface area contributed by atoms with Crippen LogP contribution >= 0.6 is 0 Å². The fourth-order valence-corrected chi connectivity index (χ4v) is 4.76. The Balaban J connectivity index is 1.40. The van der Waals surface area contributed by atoms with E-state index in [0.29, 0.717) is 0 Å². The molecule has 21 heavy (non-hydrogen) atoms. The third kappa shape index (κ3) is 2.54. The van der Waals surface area contributed by atoms with Crippen LogP contribution < -0.4 is 4.90 Å². The fourth-order valence-electron chi connectivity index (χ4n) is 4.76. The van der Waals surface area contributed by atoms with E-state index in [1.54, 1.807) is 0 Å². The summed E-state index contributed by atoms with van der Waals surface area (Å²) in [6.45, 7) is 8.65. The molecule has 3 aliphatic rings. The number of piperazine rings is 1. The van der Waals surface area contributed by atoms with Crippen LogP contribution in [0, 0.1) is 25.7 Å². The Kier molecular flexibility index (Phi) is 3.37. The Morgan fingerprint density at radius 3 is 2.24 bits per heavy atom. The van der Waals surface area contributed by atoms with Crippen molar-refractivity contribution in [1.82, 2.24) is 14.9 Å². The average Bonchev–Trinajstić information content (AvgIpc) is 3.09. The molecule has 4 nitrogen and oxygen atoms in total. The minimum Gasteiger partial charge on any atom is -0.338 e.